The molecule has 13 nitrogen and oxygen atoms in total. The Bertz CT molecular complexity index is 2270. The zero-order valence-corrected chi connectivity index (χ0v) is 37.1. The number of carbonyl (C=O) groups is 4. The van der Waals surface area contributed by atoms with E-state index in [1.165, 1.54) is 0 Å². The van der Waals surface area contributed by atoms with Crippen molar-refractivity contribution < 1.29 is 33.4 Å². The lowest BCUT2D eigenvalue weighted by atomic mass is 10.0. The van der Waals surface area contributed by atoms with E-state index in [2.05, 4.69) is 33.1 Å². The first kappa shape index (κ1) is 45.9. The number of rotatable bonds is 16. The van der Waals surface area contributed by atoms with E-state index < -0.39 is 35.5 Å². The Kier molecular flexibility index (Phi) is 15.3. The van der Waals surface area contributed by atoms with E-state index in [0.29, 0.717) is 36.6 Å². The molecule has 1 saturated heterocycles. The molecule has 3 atom stereocenters. The van der Waals surface area contributed by atoms with E-state index in [-0.39, 0.29) is 17.9 Å². The molecule has 3 unspecified atom stereocenters. The second-order valence-electron chi connectivity index (χ2n) is 17.7. The van der Waals surface area contributed by atoms with Gasteiger partial charge < -0.3 is 40.0 Å². The molecule has 4 aromatic carbocycles. The van der Waals surface area contributed by atoms with Crippen LogP contribution in [0.15, 0.2) is 115 Å². The predicted octanol–water partition coefficient (Wildman–Crippen LogP) is 9.60. The van der Waals surface area contributed by atoms with Crippen LogP contribution in [-0.4, -0.2) is 69.8 Å². The van der Waals surface area contributed by atoms with Gasteiger partial charge in [0.15, 0.2) is 0 Å². The van der Waals surface area contributed by atoms with Gasteiger partial charge in [0, 0.05) is 13.1 Å². The highest BCUT2D eigenvalue weighted by Crippen LogP contribution is 2.35. The molecular formula is C50H60N6O7. The fraction of sp³-hybridized carbons (Fsp3) is 0.380. The highest BCUT2D eigenvalue weighted by molar-refractivity contribution is 5.88. The van der Waals surface area contributed by atoms with Gasteiger partial charge in [-0.1, -0.05) is 97.1 Å². The van der Waals surface area contributed by atoms with Gasteiger partial charge in [-0.2, -0.15) is 0 Å². The van der Waals surface area contributed by atoms with Crippen LogP contribution in [0.1, 0.15) is 109 Å². The first-order chi connectivity index (χ1) is 30.1. The largest absolute Gasteiger partial charge is 0.494 e. The van der Waals surface area contributed by atoms with Crippen molar-refractivity contribution in [2.24, 2.45) is 0 Å². The molecule has 1 aromatic heterocycles. The van der Waals surface area contributed by atoms with Crippen LogP contribution < -0.4 is 20.7 Å². The Morgan fingerprint density at radius 1 is 0.698 bits per heavy atom. The summed E-state index contributed by atoms with van der Waals surface area (Å²) in [6.07, 6.45) is 4.51. The van der Waals surface area contributed by atoms with E-state index in [1.807, 2.05) is 84.9 Å². The van der Waals surface area contributed by atoms with Gasteiger partial charge in [0.05, 0.1) is 24.5 Å². The number of aromatic amines is 1. The number of aromatic nitrogens is 2. The summed E-state index contributed by atoms with van der Waals surface area (Å²) in [6.45, 7) is 12.3. The highest BCUT2D eigenvalue weighted by Gasteiger charge is 2.37. The topological polar surface area (TPSA) is 164 Å². The fourth-order valence-corrected chi connectivity index (χ4v) is 7.36. The van der Waals surface area contributed by atoms with Crippen molar-refractivity contribution in [1.29, 1.82) is 0 Å². The quantitative estimate of drug-likeness (QED) is 0.0713. The summed E-state index contributed by atoms with van der Waals surface area (Å²) < 4.78 is 16.9. The molecule has 332 valence electrons. The smallest absolute Gasteiger partial charge is 0.408 e. The molecule has 1 aliphatic heterocycles. The lowest BCUT2D eigenvalue weighted by molar-refractivity contribution is -0.134. The minimum atomic E-state index is -0.902. The summed E-state index contributed by atoms with van der Waals surface area (Å²) in [5.74, 6) is 0.979. The van der Waals surface area contributed by atoms with Crippen molar-refractivity contribution in [1.82, 2.24) is 30.8 Å². The van der Waals surface area contributed by atoms with Crippen LogP contribution in [0.2, 0.25) is 0 Å². The first-order valence-electron chi connectivity index (χ1n) is 21.7. The van der Waals surface area contributed by atoms with Crippen molar-refractivity contribution in [3.8, 4) is 28.1 Å². The fourth-order valence-electron chi connectivity index (χ4n) is 7.36. The molecule has 0 spiro atoms. The van der Waals surface area contributed by atoms with E-state index in [1.54, 1.807) is 64.8 Å². The Hall–Kier alpha value is -6.63. The van der Waals surface area contributed by atoms with Gasteiger partial charge in [-0.05, 0) is 114 Å². The van der Waals surface area contributed by atoms with Crippen LogP contribution in [-0.2, 0) is 19.1 Å². The maximum atomic E-state index is 14.1. The molecule has 63 heavy (non-hydrogen) atoms. The Morgan fingerprint density at radius 3 is 1.83 bits per heavy atom. The van der Waals surface area contributed by atoms with Crippen molar-refractivity contribution in [2.45, 2.75) is 103 Å². The van der Waals surface area contributed by atoms with Gasteiger partial charge in [-0.15, -0.1) is 0 Å². The van der Waals surface area contributed by atoms with Crippen LogP contribution in [0, 0.1) is 0 Å². The zero-order chi connectivity index (χ0) is 45.0. The molecule has 0 saturated carbocycles. The monoisotopic (exact) mass is 856 g/mol. The standard InChI is InChI=1S/C50H60N6O7/c1-49(2,3)62-47(59)54-42(37-17-10-7-11-18-37)45(57)51-30-14-9-15-32-61-39-28-26-35(27-29-39)34-22-24-36(25-23-34)40-33-52-44(53-40)41-21-16-31-56(41)46(58)43(38-19-12-8-13-20-38)55-48(60)63-50(4,5)6/h7-8,10-13,17-20,22-29,33,41-43H,9,14-16,21,30-32H2,1-6H3,(H,51,57)(H,52,53)(H,54,59)(H,55,60). The number of likely N-dealkylation sites (tertiary alicyclic amines) is 1. The van der Waals surface area contributed by atoms with Crippen LogP contribution >= 0.6 is 0 Å². The number of carbonyl (C=O) groups excluding carboxylic acids is 4. The molecular weight excluding hydrogens is 797 g/mol. The third kappa shape index (κ3) is 13.4. The number of amides is 4. The molecule has 4 N–H and O–H groups in total. The lowest BCUT2D eigenvalue weighted by Gasteiger charge is -2.29. The summed E-state index contributed by atoms with van der Waals surface area (Å²) in [7, 11) is 0. The van der Waals surface area contributed by atoms with Gasteiger partial charge in [-0.3, -0.25) is 9.59 Å². The van der Waals surface area contributed by atoms with Gasteiger partial charge in [0.25, 0.3) is 5.91 Å². The van der Waals surface area contributed by atoms with Gasteiger partial charge in [0.2, 0.25) is 5.91 Å². The Labute approximate surface area is 370 Å². The SMILES string of the molecule is CC(C)(C)OC(=O)NC(C(=O)NCCCCCOc1ccc(-c2ccc(-c3cnc(C4CCCN4C(=O)C(NC(=O)OC(C)(C)C)c4ccccc4)[nH]3)cc2)cc1)c1ccccc1. The molecule has 0 aliphatic carbocycles. The van der Waals surface area contributed by atoms with Crippen LogP contribution in [0.5, 0.6) is 5.75 Å². The van der Waals surface area contributed by atoms with E-state index in [0.717, 1.165) is 60.2 Å². The number of alkyl carbamates (subject to hydrolysis) is 2. The molecule has 1 aliphatic rings. The average Bonchev–Trinajstić information content (AvgIpc) is 3.95. The minimum Gasteiger partial charge on any atom is -0.494 e. The molecule has 13 heteroatoms. The van der Waals surface area contributed by atoms with Crippen LogP contribution in [0.3, 0.4) is 0 Å². The number of hydrogen-bond acceptors (Lipinski definition) is 8. The van der Waals surface area contributed by atoms with Crippen molar-refractivity contribution in [2.75, 3.05) is 19.7 Å². The molecule has 4 amide bonds. The second kappa shape index (κ2) is 21.0. The number of unbranched alkanes of at least 4 members (excludes halogenated alkanes) is 2. The molecule has 2 heterocycles. The lowest BCUT2D eigenvalue weighted by Crippen LogP contribution is -2.44. The van der Waals surface area contributed by atoms with E-state index in [9.17, 15) is 19.2 Å². The van der Waals surface area contributed by atoms with Crippen molar-refractivity contribution in [3.05, 3.63) is 132 Å². The minimum absolute atomic E-state index is 0.211. The third-order valence-corrected chi connectivity index (χ3v) is 10.3. The number of H-pyrrole nitrogens is 1. The second-order valence-corrected chi connectivity index (χ2v) is 17.7. The van der Waals surface area contributed by atoms with E-state index in [4.69, 9.17) is 19.2 Å². The van der Waals surface area contributed by atoms with E-state index >= 15 is 0 Å². The number of hydrogen-bond donors (Lipinski definition) is 4. The summed E-state index contributed by atoms with van der Waals surface area (Å²) in [5.41, 5.74) is 3.90. The number of benzene rings is 4. The van der Waals surface area contributed by atoms with Gasteiger partial charge >= 0.3 is 12.2 Å². The third-order valence-electron chi connectivity index (χ3n) is 10.3. The number of ether oxygens (including phenoxy) is 3. The molecule has 0 radical (unpaired) electrons. The molecule has 0 bridgehead atoms. The zero-order valence-electron chi connectivity index (χ0n) is 37.1. The summed E-state index contributed by atoms with van der Waals surface area (Å²) >= 11 is 0. The Morgan fingerprint density at radius 2 is 1.24 bits per heavy atom. The van der Waals surface area contributed by atoms with Gasteiger partial charge in [-0.25, -0.2) is 14.6 Å². The summed E-state index contributed by atoms with van der Waals surface area (Å²) in [4.78, 5) is 62.4. The molecule has 5 aromatic rings. The summed E-state index contributed by atoms with van der Waals surface area (Å²) in [5, 5.41) is 8.46. The summed E-state index contributed by atoms with van der Waals surface area (Å²) in [6, 6.07) is 32.5. The maximum Gasteiger partial charge on any atom is 0.408 e. The van der Waals surface area contributed by atoms with Crippen LogP contribution in [0.25, 0.3) is 22.4 Å². The van der Waals surface area contributed by atoms with Crippen molar-refractivity contribution >= 4 is 24.0 Å². The van der Waals surface area contributed by atoms with Crippen LogP contribution in [0.4, 0.5) is 9.59 Å². The molecule has 6 rings (SSSR count). The Balaban J connectivity index is 0.964. The number of nitrogens with one attached hydrogen (secondary N) is 4. The maximum absolute atomic E-state index is 14.1. The molecule has 1 fully saturated rings. The average molecular weight is 857 g/mol. The number of nitrogens with zero attached hydrogens (tertiary/aromatic N) is 2. The van der Waals surface area contributed by atoms with Crippen molar-refractivity contribution in [3.63, 3.8) is 0 Å². The highest BCUT2D eigenvalue weighted by atomic mass is 16.6. The van der Waals surface area contributed by atoms with Gasteiger partial charge in [0.1, 0.15) is 34.9 Å². The first-order valence-corrected chi connectivity index (χ1v) is 21.7. The number of imidazole rings is 1. The normalized spacial score (nSPS) is 14.9. The predicted molar refractivity (Wildman–Crippen MR) is 243 cm³/mol.